The Morgan fingerprint density at radius 3 is 2.68 bits per heavy atom. The summed E-state index contributed by atoms with van der Waals surface area (Å²) in [6, 6.07) is 7.58. The van der Waals surface area contributed by atoms with Crippen molar-refractivity contribution in [3.63, 3.8) is 0 Å². The number of thiazole rings is 1. The molecule has 3 heterocycles. The summed E-state index contributed by atoms with van der Waals surface area (Å²) in [7, 11) is 0. The van der Waals surface area contributed by atoms with Gasteiger partial charge in [0.1, 0.15) is 0 Å². The van der Waals surface area contributed by atoms with Crippen molar-refractivity contribution in [3.8, 4) is 0 Å². The topological polar surface area (TPSA) is 60.8 Å². The third kappa shape index (κ3) is 2.17. The van der Waals surface area contributed by atoms with Crippen LogP contribution in [-0.4, -0.2) is 27.3 Å². The zero-order chi connectivity index (χ0) is 15.1. The number of quaternary nitrogens is 1. The van der Waals surface area contributed by atoms with Gasteiger partial charge in [-0.3, -0.25) is 9.59 Å². The predicted molar refractivity (Wildman–Crippen MR) is 85.7 cm³/mol. The van der Waals surface area contributed by atoms with Gasteiger partial charge in [0.2, 0.25) is 4.96 Å². The fourth-order valence-electron chi connectivity index (χ4n) is 3.12. The third-order valence-corrected chi connectivity index (χ3v) is 5.27. The molecule has 0 spiro atoms. The Hall–Kier alpha value is -1.99. The van der Waals surface area contributed by atoms with Crippen LogP contribution in [0.3, 0.4) is 0 Å². The van der Waals surface area contributed by atoms with E-state index in [0.29, 0.717) is 11.6 Å². The number of aromatic nitrogens is 3. The van der Waals surface area contributed by atoms with Crippen LogP contribution in [0.25, 0.3) is 15.2 Å². The summed E-state index contributed by atoms with van der Waals surface area (Å²) < 4.78 is 3.76. The van der Waals surface area contributed by atoms with Crippen molar-refractivity contribution >= 4 is 26.5 Å². The number of nitrogens with one attached hydrogen (secondary N) is 1. The molecule has 1 aliphatic rings. The molecule has 2 aromatic heterocycles. The van der Waals surface area contributed by atoms with Gasteiger partial charge in [0.05, 0.1) is 23.3 Å². The van der Waals surface area contributed by atoms with E-state index >= 15 is 0 Å². The first-order valence-electron chi connectivity index (χ1n) is 7.59. The van der Waals surface area contributed by atoms with Gasteiger partial charge in [-0.25, -0.2) is 4.40 Å². The van der Waals surface area contributed by atoms with Crippen LogP contribution in [0.4, 0.5) is 0 Å². The van der Waals surface area contributed by atoms with Crippen LogP contribution in [-0.2, 0) is 6.67 Å². The summed E-state index contributed by atoms with van der Waals surface area (Å²) in [5.74, 6) is 0. The second-order valence-corrected chi connectivity index (χ2v) is 6.78. The monoisotopic (exact) mass is 317 g/mol. The van der Waals surface area contributed by atoms with E-state index in [1.54, 1.807) is 0 Å². The molecule has 0 bridgehead atoms. The number of fused-ring (bicyclic) bond motifs is 3. The van der Waals surface area contributed by atoms with Crippen molar-refractivity contribution < 1.29 is 4.90 Å². The number of nitrogens with zero attached hydrogens (tertiary/aromatic N) is 3. The van der Waals surface area contributed by atoms with E-state index in [4.69, 9.17) is 0 Å². The lowest BCUT2D eigenvalue weighted by atomic mass is 10.1. The van der Waals surface area contributed by atoms with Gasteiger partial charge >= 0.3 is 11.1 Å². The zero-order valence-corrected chi connectivity index (χ0v) is 12.9. The Morgan fingerprint density at radius 1 is 1.09 bits per heavy atom. The molecule has 22 heavy (non-hydrogen) atoms. The average molecular weight is 317 g/mol. The summed E-state index contributed by atoms with van der Waals surface area (Å²) in [6.07, 6.45) is 3.60. The first-order valence-corrected chi connectivity index (χ1v) is 8.41. The van der Waals surface area contributed by atoms with Crippen LogP contribution in [0.1, 0.15) is 19.3 Å². The number of hydrogen-bond acceptors (Lipinski definition) is 4. The molecule has 0 atom stereocenters. The molecule has 1 fully saturated rings. The second-order valence-electron chi connectivity index (χ2n) is 5.77. The molecule has 7 heteroatoms. The smallest absolute Gasteiger partial charge is 0.316 e. The van der Waals surface area contributed by atoms with E-state index in [9.17, 15) is 9.59 Å². The van der Waals surface area contributed by atoms with Crippen molar-refractivity contribution in [3.05, 3.63) is 45.0 Å². The van der Waals surface area contributed by atoms with Crippen LogP contribution in [0.15, 0.2) is 33.9 Å². The lowest BCUT2D eigenvalue weighted by Crippen LogP contribution is -3.12. The molecule has 0 saturated carbocycles. The summed E-state index contributed by atoms with van der Waals surface area (Å²) >= 11 is 1.44. The van der Waals surface area contributed by atoms with Gasteiger partial charge in [-0.1, -0.05) is 23.5 Å². The highest BCUT2D eigenvalue weighted by Gasteiger charge is 2.18. The Labute approximate surface area is 130 Å². The van der Waals surface area contributed by atoms with Gasteiger partial charge in [0.15, 0.2) is 6.67 Å². The predicted octanol–water partition coefficient (Wildman–Crippen LogP) is 0.0972. The first kappa shape index (κ1) is 13.7. The fourth-order valence-corrected chi connectivity index (χ4v) is 4.14. The molecule has 4 rings (SSSR count). The molecule has 3 aromatic rings. The maximum absolute atomic E-state index is 12.5. The van der Waals surface area contributed by atoms with Gasteiger partial charge in [-0.2, -0.15) is 4.68 Å². The van der Waals surface area contributed by atoms with E-state index < -0.39 is 11.1 Å². The normalized spacial score (nSPS) is 16.5. The zero-order valence-electron chi connectivity index (χ0n) is 12.1. The van der Waals surface area contributed by atoms with Gasteiger partial charge < -0.3 is 4.90 Å². The Bertz CT molecular complexity index is 949. The average Bonchev–Trinajstić information content (AvgIpc) is 2.91. The second kappa shape index (κ2) is 5.33. The van der Waals surface area contributed by atoms with Gasteiger partial charge in [0, 0.05) is 0 Å². The van der Waals surface area contributed by atoms with Crippen LogP contribution < -0.4 is 16.0 Å². The molecule has 1 saturated heterocycles. The van der Waals surface area contributed by atoms with Crippen LogP contribution in [0, 0.1) is 0 Å². The minimum atomic E-state index is -0.529. The summed E-state index contributed by atoms with van der Waals surface area (Å²) in [6.45, 7) is 2.57. The van der Waals surface area contributed by atoms with E-state index in [0.717, 1.165) is 23.3 Å². The molecule has 1 N–H and O–H groups in total. The van der Waals surface area contributed by atoms with Crippen molar-refractivity contribution in [2.75, 3.05) is 13.1 Å². The largest absolute Gasteiger partial charge is 0.337 e. The molecule has 0 unspecified atom stereocenters. The summed E-state index contributed by atoms with van der Waals surface area (Å²) in [4.78, 5) is 26.7. The molecule has 6 nitrogen and oxygen atoms in total. The van der Waals surface area contributed by atoms with E-state index in [1.807, 2.05) is 24.3 Å². The summed E-state index contributed by atoms with van der Waals surface area (Å²) in [5, 5.41) is 4.43. The van der Waals surface area contributed by atoms with E-state index in [-0.39, 0.29) is 0 Å². The van der Waals surface area contributed by atoms with Crippen molar-refractivity contribution in [2.45, 2.75) is 25.9 Å². The van der Waals surface area contributed by atoms with Gasteiger partial charge in [-0.15, -0.1) is 5.10 Å². The van der Waals surface area contributed by atoms with Crippen LogP contribution in [0.5, 0.6) is 0 Å². The molecular weight excluding hydrogens is 300 g/mol. The molecule has 1 aromatic carbocycles. The van der Waals surface area contributed by atoms with Crippen LogP contribution >= 0.6 is 11.3 Å². The van der Waals surface area contributed by atoms with Crippen molar-refractivity contribution in [1.29, 1.82) is 0 Å². The minimum absolute atomic E-state index is 0.485. The number of likely N-dealkylation sites (tertiary alicyclic amines) is 1. The first-order chi connectivity index (χ1) is 10.7. The highest BCUT2D eigenvalue weighted by molar-refractivity contribution is 7.23. The fraction of sp³-hybridized carbons (Fsp3) is 0.400. The van der Waals surface area contributed by atoms with E-state index in [2.05, 4.69) is 5.10 Å². The lowest BCUT2D eigenvalue weighted by Gasteiger charge is -2.23. The number of piperidine rings is 1. The maximum Gasteiger partial charge on any atom is 0.337 e. The summed E-state index contributed by atoms with van der Waals surface area (Å²) in [5.41, 5.74) is -0.271. The SMILES string of the molecule is O=c1c(=O)n2c(nn1C[NH+]1CCCCC1)sc1ccccc12. The molecule has 0 aliphatic carbocycles. The molecule has 114 valence electrons. The highest BCUT2D eigenvalue weighted by Crippen LogP contribution is 2.22. The highest BCUT2D eigenvalue weighted by atomic mass is 32.1. The molecule has 1 aliphatic heterocycles. The van der Waals surface area contributed by atoms with Gasteiger partial charge in [-0.05, 0) is 31.4 Å². The third-order valence-electron chi connectivity index (χ3n) is 4.26. The maximum atomic E-state index is 12.5. The van der Waals surface area contributed by atoms with Crippen molar-refractivity contribution in [2.24, 2.45) is 0 Å². The van der Waals surface area contributed by atoms with Crippen LogP contribution in [0.2, 0.25) is 0 Å². The Balaban J connectivity index is 1.86. The Morgan fingerprint density at radius 2 is 1.86 bits per heavy atom. The lowest BCUT2D eigenvalue weighted by molar-refractivity contribution is -0.928. The molecule has 0 radical (unpaired) electrons. The van der Waals surface area contributed by atoms with E-state index in [1.165, 1.54) is 44.6 Å². The number of para-hydroxylation sites is 1. The number of rotatable bonds is 2. The minimum Gasteiger partial charge on any atom is -0.316 e. The number of hydrogen-bond donors (Lipinski definition) is 1. The molecule has 0 amide bonds. The Kier molecular flexibility index (Phi) is 3.31. The van der Waals surface area contributed by atoms with Gasteiger partial charge in [0.25, 0.3) is 0 Å². The quantitative estimate of drug-likeness (QED) is 0.682. The van der Waals surface area contributed by atoms with Crippen molar-refractivity contribution in [1.82, 2.24) is 14.2 Å². The molecular formula is C15H17N4O2S+. The standard InChI is InChI=1S/C15H16N4O2S/c20-13-14(21)19-11-6-2-3-7-12(11)22-15(19)16-18(13)10-17-8-4-1-5-9-17/h2-3,6-7H,1,4-5,8-10H2/p+1. The number of benzene rings is 1.